The van der Waals surface area contributed by atoms with Gasteiger partial charge in [-0.2, -0.15) is 0 Å². The number of nitrogens with zero attached hydrogens (tertiary/aromatic N) is 6. The third kappa shape index (κ3) is 4.72. The highest BCUT2D eigenvalue weighted by atomic mass is 16.2. The highest BCUT2D eigenvalue weighted by Crippen LogP contribution is 2.45. The molecule has 0 radical (unpaired) electrons. The van der Waals surface area contributed by atoms with Crippen molar-refractivity contribution in [2.45, 2.75) is 89.3 Å². The number of piperidine rings is 2. The lowest BCUT2D eigenvalue weighted by Crippen LogP contribution is -2.49. The van der Waals surface area contributed by atoms with Gasteiger partial charge in [-0.15, -0.1) is 0 Å². The van der Waals surface area contributed by atoms with Crippen molar-refractivity contribution >= 4 is 16.9 Å². The van der Waals surface area contributed by atoms with Crippen LogP contribution in [0.1, 0.15) is 84.1 Å². The van der Waals surface area contributed by atoms with Crippen molar-refractivity contribution in [3.63, 3.8) is 0 Å². The van der Waals surface area contributed by atoms with E-state index in [1.54, 1.807) is 6.33 Å². The summed E-state index contributed by atoms with van der Waals surface area (Å²) >= 11 is 0. The molecule has 7 rings (SSSR count). The molecular formula is C35H42N6O. The summed E-state index contributed by atoms with van der Waals surface area (Å²) in [6.45, 7) is 8.65. The molecule has 4 aromatic rings. The van der Waals surface area contributed by atoms with E-state index < -0.39 is 0 Å². The van der Waals surface area contributed by atoms with Gasteiger partial charge in [0.05, 0.1) is 28.0 Å². The number of imidazole rings is 1. The molecule has 42 heavy (non-hydrogen) atoms. The predicted octanol–water partition coefficient (Wildman–Crippen LogP) is 6.18. The molecule has 0 unspecified atom stereocenters. The van der Waals surface area contributed by atoms with Crippen LogP contribution >= 0.6 is 0 Å². The molecule has 0 N–H and O–H groups in total. The monoisotopic (exact) mass is 562 g/mol. The molecule has 3 saturated heterocycles. The van der Waals surface area contributed by atoms with Crippen LogP contribution < -0.4 is 0 Å². The fourth-order valence-corrected chi connectivity index (χ4v) is 8.46. The fraction of sp³-hybridized carbons (Fsp3) is 0.486. The molecule has 2 aromatic carbocycles. The lowest BCUT2D eigenvalue weighted by atomic mass is 9.70. The van der Waals surface area contributed by atoms with Crippen LogP contribution in [0.15, 0.2) is 60.9 Å². The van der Waals surface area contributed by atoms with Gasteiger partial charge in [-0.1, -0.05) is 42.5 Å². The molecule has 7 nitrogen and oxygen atoms in total. The Labute approximate surface area is 249 Å². The van der Waals surface area contributed by atoms with Gasteiger partial charge in [0.2, 0.25) is 0 Å². The number of aryl methyl sites for hydroxylation is 3. The molecule has 2 aromatic heterocycles. The van der Waals surface area contributed by atoms with Crippen LogP contribution in [0.5, 0.6) is 0 Å². The SMILES string of the molecule is Cc1ncnc(C)c1C(=O)N1CCC(CCN2[C@@H]3CC[C@H]2C[C@@H](n2c(C)nc4ccccc42)C3)(c2ccccc2)CC1. The van der Waals surface area contributed by atoms with Crippen LogP contribution in [-0.2, 0) is 5.41 Å². The molecule has 0 spiro atoms. The van der Waals surface area contributed by atoms with Crippen molar-refractivity contribution in [2.24, 2.45) is 0 Å². The van der Waals surface area contributed by atoms with E-state index in [4.69, 9.17) is 4.98 Å². The Balaban J connectivity index is 1.07. The zero-order valence-electron chi connectivity index (χ0n) is 25.2. The first-order valence-electron chi connectivity index (χ1n) is 15.8. The number of rotatable bonds is 6. The van der Waals surface area contributed by atoms with E-state index in [0.717, 1.165) is 61.6 Å². The average molecular weight is 563 g/mol. The third-order valence-electron chi connectivity index (χ3n) is 10.7. The van der Waals surface area contributed by atoms with Gasteiger partial charge in [-0.05, 0) is 95.4 Å². The zero-order chi connectivity index (χ0) is 28.8. The van der Waals surface area contributed by atoms with E-state index in [9.17, 15) is 4.79 Å². The van der Waals surface area contributed by atoms with Gasteiger partial charge in [-0.3, -0.25) is 9.69 Å². The maximum absolute atomic E-state index is 13.6. The number of hydrogen-bond donors (Lipinski definition) is 0. The van der Waals surface area contributed by atoms with E-state index in [1.165, 1.54) is 36.8 Å². The Morgan fingerprint density at radius 2 is 1.50 bits per heavy atom. The standard InChI is InChI=1S/C35H42N6O/c1-24-33(25(2)37-23-36-24)34(42)39-18-15-35(16-19-39,27-9-5-4-6-10-27)17-20-40-28-13-14-29(40)22-30(21-28)41-26(3)38-31-11-7-8-12-32(31)41/h4-12,23,28-30H,13-22H2,1-3H3/t28-,29+,30+. The van der Waals surface area contributed by atoms with Crippen molar-refractivity contribution in [3.05, 3.63) is 89.3 Å². The zero-order valence-corrected chi connectivity index (χ0v) is 25.2. The van der Waals surface area contributed by atoms with Crippen LogP contribution in [0.4, 0.5) is 0 Å². The number of amides is 1. The molecule has 3 aliphatic rings. The van der Waals surface area contributed by atoms with Crippen LogP contribution in [0.2, 0.25) is 0 Å². The molecule has 3 aliphatic heterocycles. The Hall–Kier alpha value is -3.58. The Bertz CT molecular complexity index is 1550. The predicted molar refractivity (Wildman–Crippen MR) is 166 cm³/mol. The number of benzene rings is 2. The summed E-state index contributed by atoms with van der Waals surface area (Å²) in [5, 5.41) is 0. The Morgan fingerprint density at radius 3 is 2.19 bits per heavy atom. The highest BCUT2D eigenvalue weighted by Gasteiger charge is 2.44. The summed E-state index contributed by atoms with van der Waals surface area (Å²) in [5.41, 5.74) is 6.12. The molecule has 5 heterocycles. The number of para-hydroxylation sites is 2. The van der Waals surface area contributed by atoms with Gasteiger partial charge in [0.1, 0.15) is 12.2 Å². The Morgan fingerprint density at radius 1 is 0.857 bits per heavy atom. The molecular weight excluding hydrogens is 520 g/mol. The molecule has 0 aliphatic carbocycles. The van der Waals surface area contributed by atoms with Gasteiger partial charge < -0.3 is 9.47 Å². The van der Waals surface area contributed by atoms with Gasteiger partial charge in [-0.25, -0.2) is 15.0 Å². The van der Waals surface area contributed by atoms with Crippen LogP contribution in [-0.4, -0.2) is 66.9 Å². The maximum Gasteiger partial charge on any atom is 0.257 e. The van der Waals surface area contributed by atoms with Gasteiger partial charge in [0, 0.05) is 31.2 Å². The lowest BCUT2D eigenvalue weighted by molar-refractivity contribution is 0.0605. The number of hydrogen-bond acceptors (Lipinski definition) is 5. The summed E-state index contributed by atoms with van der Waals surface area (Å²) < 4.78 is 2.53. The van der Waals surface area contributed by atoms with Crippen molar-refractivity contribution in [1.29, 1.82) is 0 Å². The van der Waals surface area contributed by atoms with Crippen molar-refractivity contribution in [2.75, 3.05) is 19.6 Å². The first-order chi connectivity index (χ1) is 20.4. The topological polar surface area (TPSA) is 67.2 Å². The van der Waals surface area contributed by atoms with E-state index in [0.29, 0.717) is 23.7 Å². The largest absolute Gasteiger partial charge is 0.338 e. The number of aromatic nitrogens is 4. The smallest absolute Gasteiger partial charge is 0.257 e. The molecule has 3 fully saturated rings. The first-order valence-corrected chi connectivity index (χ1v) is 15.8. The van der Waals surface area contributed by atoms with E-state index in [2.05, 4.69) is 81.0 Å². The molecule has 7 heteroatoms. The minimum Gasteiger partial charge on any atom is -0.338 e. The summed E-state index contributed by atoms with van der Waals surface area (Å²) in [7, 11) is 0. The fourth-order valence-electron chi connectivity index (χ4n) is 8.46. The van der Waals surface area contributed by atoms with E-state index in [1.807, 2.05) is 18.7 Å². The minimum atomic E-state index is 0.0784. The van der Waals surface area contributed by atoms with Gasteiger partial charge in [0.25, 0.3) is 5.91 Å². The summed E-state index contributed by atoms with van der Waals surface area (Å²) in [6.07, 6.45) is 9.66. The maximum atomic E-state index is 13.6. The quantitative estimate of drug-likeness (QED) is 0.281. The Kier molecular flexibility index (Phi) is 7.09. The second-order valence-electron chi connectivity index (χ2n) is 12.9. The van der Waals surface area contributed by atoms with Gasteiger partial charge in [0.15, 0.2) is 0 Å². The second kappa shape index (κ2) is 10.9. The number of carbonyl (C=O) groups excluding carboxylic acids is 1. The molecule has 1 amide bonds. The number of fused-ring (bicyclic) bond motifs is 3. The van der Waals surface area contributed by atoms with Gasteiger partial charge >= 0.3 is 0 Å². The van der Waals surface area contributed by atoms with Crippen molar-refractivity contribution < 1.29 is 4.79 Å². The number of likely N-dealkylation sites (tertiary alicyclic amines) is 1. The third-order valence-corrected chi connectivity index (χ3v) is 10.7. The minimum absolute atomic E-state index is 0.0784. The first kappa shape index (κ1) is 27.3. The summed E-state index contributed by atoms with van der Waals surface area (Å²) in [6, 6.07) is 21.5. The number of carbonyl (C=O) groups is 1. The average Bonchev–Trinajstić information content (AvgIpc) is 3.47. The van der Waals surface area contributed by atoms with Crippen LogP contribution in [0, 0.1) is 20.8 Å². The van der Waals surface area contributed by atoms with Crippen molar-refractivity contribution in [3.8, 4) is 0 Å². The highest BCUT2D eigenvalue weighted by molar-refractivity contribution is 5.96. The summed E-state index contributed by atoms with van der Waals surface area (Å²) in [5.74, 6) is 1.22. The van der Waals surface area contributed by atoms with Crippen LogP contribution in [0.3, 0.4) is 0 Å². The molecule has 3 atom stereocenters. The molecule has 2 bridgehead atoms. The van der Waals surface area contributed by atoms with Crippen LogP contribution in [0.25, 0.3) is 11.0 Å². The van der Waals surface area contributed by atoms with E-state index >= 15 is 0 Å². The normalized spacial score (nSPS) is 23.9. The molecule has 218 valence electrons. The van der Waals surface area contributed by atoms with E-state index in [-0.39, 0.29) is 11.3 Å². The second-order valence-corrected chi connectivity index (χ2v) is 12.9. The lowest BCUT2D eigenvalue weighted by Gasteiger charge is -2.45. The molecule has 0 saturated carbocycles. The van der Waals surface area contributed by atoms with Crippen molar-refractivity contribution in [1.82, 2.24) is 29.3 Å². The summed E-state index contributed by atoms with van der Waals surface area (Å²) in [4.78, 5) is 31.9.